The van der Waals surface area contributed by atoms with Crippen molar-refractivity contribution in [3.8, 4) is 0 Å². The minimum Gasteiger partial charge on any atom is -0.460 e. The van der Waals surface area contributed by atoms with Gasteiger partial charge in [-0.15, -0.1) is 0 Å². The summed E-state index contributed by atoms with van der Waals surface area (Å²) in [5, 5.41) is 2.80. The maximum absolute atomic E-state index is 12.6. The first-order chi connectivity index (χ1) is 9.86. The van der Waals surface area contributed by atoms with Crippen LogP contribution in [0.4, 0.5) is 4.79 Å². The maximum Gasteiger partial charge on any atom is 0.326 e. The van der Waals surface area contributed by atoms with Crippen LogP contribution >= 0.6 is 0 Å². The second kappa shape index (κ2) is 5.87. The first-order valence-electron chi connectivity index (χ1n) is 7.31. The number of urea groups is 1. The van der Waals surface area contributed by atoms with E-state index in [0.29, 0.717) is 12.0 Å². The molecule has 2 atom stereocenters. The molecule has 3 amide bonds. The van der Waals surface area contributed by atoms with E-state index in [9.17, 15) is 14.4 Å². The van der Waals surface area contributed by atoms with Crippen molar-refractivity contribution in [2.75, 3.05) is 13.2 Å². The standard InChI is InChI=1S/C15H22N2O4/c1-10(2)9-21-12(18)8-17-13(19)15(16-14(17)20)7-5-4-6-11(15)3/h11H,1,4-9H2,2-3H3,(H,16,20). The minimum absolute atomic E-state index is 0.0825. The number of carbonyl (C=O) groups is 3. The van der Waals surface area contributed by atoms with Crippen LogP contribution in [0, 0.1) is 5.92 Å². The van der Waals surface area contributed by atoms with Gasteiger partial charge in [0, 0.05) is 0 Å². The van der Waals surface area contributed by atoms with Gasteiger partial charge in [0.1, 0.15) is 18.7 Å². The van der Waals surface area contributed by atoms with Crippen molar-refractivity contribution in [3.05, 3.63) is 12.2 Å². The van der Waals surface area contributed by atoms with Gasteiger partial charge in [-0.3, -0.25) is 14.5 Å². The fourth-order valence-corrected chi connectivity index (χ4v) is 3.02. The normalized spacial score (nSPS) is 28.7. The molecule has 2 fully saturated rings. The lowest BCUT2D eigenvalue weighted by Gasteiger charge is -2.36. The SMILES string of the molecule is C=C(C)COC(=O)CN1C(=O)NC2(CCCCC2C)C1=O. The van der Waals surface area contributed by atoms with Crippen LogP contribution in [0.2, 0.25) is 0 Å². The number of nitrogens with zero attached hydrogens (tertiary/aromatic N) is 1. The molecule has 0 bridgehead atoms. The number of hydrogen-bond acceptors (Lipinski definition) is 4. The van der Waals surface area contributed by atoms with E-state index in [4.69, 9.17) is 4.74 Å². The Kier molecular flexibility index (Phi) is 4.34. The molecule has 0 aromatic rings. The van der Waals surface area contributed by atoms with Gasteiger partial charge in [0.05, 0.1) is 0 Å². The molecule has 0 aromatic carbocycles. The van der Waals surface area contributed by atoms with Crippen LogP contribution in [0.3, 0.4) is 0 Å². The van der Waals surface area contributed by atoms with Gasteiger partial charge < -0.3 is 10.1 Å². The summed E-state index contributed by atoms with van der Waals surface area (Å²) in [7, 11) is 0. The lowest BCUT2D eigenvalue weighted by molar-refractivity contribution is -0.147. The number of amides is 3. The van der Waals surface area contributed by atoms with Crippen LogP contribution < -0.4 is 5.32 Å². The van der Waals surface area contributed by atoms with E-state index in [2.05, 4.69) is 11.9 Å². The molecule has 1 aliphatic heterocycles. The fraction of sp³-hybridized carbons (Fsp3) is 0.667. The van der Waals surface area contributed by atoms with E-state index in [1.165, 1.54) is 0 Å². The Morgan fingerprint density at radius 1 is 1.48 bits per heavy atom. The van der Waals surface area contributed by atoms with E-state index in [1.807, 2.05) is 6.92 Å². The molecule has 1 heterocycles. The van der Waals surface area contributed by atoms with E-state index in [-0.39, 0.29) is 25.0 Å². The lowest BCUT2D eigenvalue weighted by atomic mass is 9.73. The zero-order valence-electron chi connectivity index (χ0n) is 12.6. The first-order valence-corrected chi connectivity index (χ1v) is 7.31. The summed E-state index contributed by atoms with van der Waals surface area (Å²) in [6.07, 6.45) is 3.51. The van der Waals surface area contributed by atoms with Crippen molar-refractivity contribution < 1.29 is 19.1 Å². The molecular formula is C15H22N2O4. The van der Waals surface area contributed by atoms with Crippen LogP contribution in [0.5, 0.6) is 0 Å². The van der Waals surface area contributed by atoms with Gasteiger partial charge in [0.25, 0.3) is 5.91 Å². The third-order valence-corrected chi connectivity index (χ3v) is 4.27. The second-order valence-corrected chi connectivity index (χ2v) is 6.06. The predicted octanol–water partition coefficient (Wildman–Crippen LogP) is 1.61. The Morgan fingerprint density at radius 3 is 2.81 bits per heavy atom. The van der Waals surface area contributed by atoms with Crippen LogP contribution in [0.15, 0.2) is 12.2 Å². The van der Waals surface area contributed by atoms with Crippen LogP contribution in [0.1, 0.15) is 39.5 Å². The smallest absolute Gasteiger partial charge is 0.326 e. The Morgan fingerprint density at radius 2 is 2.19 bits per heavy atom. The zero-order chi connectivity index (χ0) is 15.6. The third kappa shape index (κ3) is 2.94. The molecule has 1 saturated carbocycles. The summed E-state index contributed by atoms with van der Waals surface area (Å²) in [6, 6.07) is -0.499. The molecule has 0 radical (unpaired) electrons. The number of ether oxygens (including phenoxy) is 1. The highest BCUT2D eigenvalue weighted by atomic mass is 16.5. The number of imide groups is 1. The third-order valence-electron chi connectivity index (χ3n) is 4.27. The largest absolute Gasteiger partial charge is 0.460 e. The molecule has 2 rings (SSSR count). The van der Waals surface area contributed by atoms with Gasteiger partial charge in [-0.25, -0.2) is 4.79 Å². The Hall–Kier alpha value is -1.85. The molecule has 2 aliphatic rings. The van der Waals surface area contributed by atoms with Crippen molar-refractivity contribution >= 4 is 17.9 Å². The van der Waals surface area contributed by atoms with Gasteiger partial charge in [0.2, 0.25) is 0 Å². The molecule has 1 saturated heterocycles. The molecule has 1 N–H and O–H groups in total. The zero-order valence-corrected chi connectivity index (χ0v) is 12.6. The molecule has 6 nitrogen and oxygen atoms in total. The minimum atomic E-state index is -0.829. The highest BCUT2D eigenvalue weighted by molar-refractivity contribution is 6.08. The molecule has 1 spiro atoms. The Labute approximate surface area is 124 Å². The summed E-state index contributed by atoms with van der Waals surface area (Å²) in [5.41, 5.74) is -0.123. The highest BCUT2D eigenvalue weighted by Gasteiger charge is 2.55. The van der Waals surface area contributed by atoms with Crippen LogP contribution in [-0.4, -0.2) is 41.5 Å². The lowest BCUT2D eigenvalue weighted by Crippen LogP contribution is -2.54. The van der Waals surface area contributed by atoms with E-state index in [0.717, 1.165) is 24.2 Å². The molecule has 0 aromatic heterocycles. The number of nitrogens with one attached hydrogen (secondary N) is 1. The number of carbonyl (C=O) groups excluding carboxylic acids is 3. The van der Waals surface area contributed by atoms with Crippen molar-refractivity contribution in [1.82, 2.24) is 10.2 Å². The fourth-order valence-electron chi connectivity index (χ4n) is 3.02. The second-order valence-electron chi connectivity index (χ2n) is 6.06. The molecule has 2 unspecified atom stereocenters. The van der Waals surface area contributed by atoms with E-state index >= 15 is 0 Å². The predicted molar refractivity (Wildman–Crippen MR) is 76.4 cm³/mol. The summed E-state index contributed by atoms with van der Waals surface area (Å²) < 4.78 is 4.95. The van der Waals surface area contributed by atoms with E-state index in [1.54, 1.807) is 6.92 Å². The van der Waals surface area contributed by atoms with Crippen molar-refractivity contribution in [3.63, 3.8) is 0 Å². The summed E-state index contributed by atoms with van der Waals surface area (Å²) >= 11 is 0. The highest BCUT2D eigenvalue weighted by Crippen LogP contribution is 2.38. The topological polar surface area (TPSA) is 75.7 Å². The number of hydrogen-bond donors (Lipinski definition) is 1. The van der Waals surface area contributed by atoms with Gasteiger partial charge in [-0.1, -0.05) is 26.3 Å². The van der Waals surface area contributed by atoms with Gasteiger partial charge >= 0.3 is 12.0 Å². The van der Waals surface area contributed by atoms with Crippen molar-refractivity contribution in [2.24, 2.45) is 5.92 Å². The molecule has 1 aliphatic carbocycles. The van der Waals surface area contributed by atoms with Gasteiger partial charge in [0.15, 0.2) is 0 Å². The average molecular weight is 294 g/mol. The van der Waals surface area contributed by atoms with Crippen molar-refractivity contribution in [2.45, 2.75) is 45.1 Å². The Balaban J connectivity index is 2.05. The average Bonchev–Trinajstić information content (AvgIpc) is 2.65. The van der Waals surface area contributed by atoms with Crippen LogP contribution in [0.25, 0.3) is 0 Å². The molecular weight excluding hydrogens is 272 g/mol. The monoisotopic (exact) mass is 294 g/mol. The van der Waals surface area contributed by atoms with E-state index < -0.39 is 17.5 Å². The number of rotatable bonds is 4. The van der Waals surface area contributed by atoms with Crippen LogP contribution in [-0.2, 0) is 14.3 Å². The quantitative estimate of drug-likeness (QED) is 0.485. The number of esters is 1. The first kappa shape index (κ1) is 15.5. The summed E-state index contributed by atoms with van der Waals surface area (Å²) in [5.74, 6) is -0.812. The molecule has 116 valence electrons. The van der Waals surface area contributed by atoms with Gasteiger partial charge in [-0.05, 0) is 31.3 Å². The van der Waals surface area contributed by atoms with Crippen molar-refractivity contribution in [1.29, 1.82) is 0 Å². The summed E-state index contributed by atoms with van der Waals surface area (Å²) in [6.45, 7) is 7.10. The molecule has 21 heavy (non-hydrogen) atoms. The summed E-state index contributed by atoms with van der Waals surface area (Å²) in [4.78, 5) is 37.3. The molecule has 6 heteroatoms. The Bertz CT molecular complexity index is 488. The maximum atomic E-state index is 12.6. The van der Waals surface area contributed by atoms with Gasteiger partial charge in [-0.2, -0.15) is 0 Å².